The predicted octanol–water partition coefficient (Wildman–Crippen LogP) is 2.23. The van der Waals surface area contributed by atoms with Gasteiger partial charge in [0.1, 0.15) is 12.1 Å². The van der Waals surface area contributed by atoms with Crippen molar-refractivity contribution in [3.63, 3.8) is 0 Å². The van der Waals surface area contributed by atoms with Gasteiger partial charge in [0, 0.05) is 6.04 Å². The number of benzene rings is 1. The van der Waals surface area contributed by atoms with E-state index in [-0.39, 0.29) is 17.5 Å². The highest BCUT2D eigenvalue weighted by Crippen LogP contribution is 2.29. The van der Waals surface area contributed by atoms with E-state index in [9.17, 15) is 19.5 Å². The molecule has 2 N–H and O–H groups in total. The molecule has 0 aliphatic carbocycles. The third-order valence-electron chi connectivity index (χ3n) is 4.71. The van der Waals surface area contributed by atoms with E-state index in [1.54, 1.807) is 24.3 Å². The first-order valence-electron chi connectivity index (χ1n) is 8.24. The van der Waals surface area contributed by atoms with Crippen LogP contribution in [0.5, 0.6) is 0 Å². The lowest BCUT2D eigenvalue weighted by Crippen LogP contribution is -2.54. The van der Waals surface area contributed by atoms with Gasteiger partial charge in [0.05, 0.1) is 10.6 Å². The zero-order valence-corrected chi connectivity index (χ0v) is 14.3. The number of carbonyl (C=O) groups excluding carboxylic acids is 2. The van der Waals surface area contributed by atoms with Crippen molar-refractivity contribution in [2.45, 2.75) is 43.8 Å². The summed E-state index contributed by atoms with van der Waals surface area (Å²) in [7, 11) is 0. The first-order chi connectivity index (χ1) is 12.0. The second-order valence-electron chi connectivity index (χ2n) is 6.28. The van der Waals surface area contributed by atoms with Crippen LogP contribution in [-0.2, 0) is 9.59 Å². The van der Waals surface area contributed by atoms with Crippen LogP contribution < -0.4 is 5.32 Å². The molecule has 0 radical (unpaired) electrons. The van der Waals surface area contributed by atoms with E-state index in [1.807, 2.05) is 12.2 Å². The molecule has 2 heterocycles. The van der Waals surface area contributed by atoms with Gasteiger partial charge in [-0.1, -0.05) is 35.9 Å². The van der Waals surface area contributed by atoms with Gasteiger partial charge in [-0.15, -0.1) is 0 Å². The Hall–Kier alpha value is -2.34. The molecule has 0 spiro atoms. The molecule has 0 saturated carbocycles. The van der Waals surface area contributed by atoms with E-state index in [0.29, 0.717) is 30.7 Å². The number of hydrogen-bond donors (Lipinski definition) is 2. The van der Waals surface area contributed by atoms with Crippen LogP contribution in [0.2, 0.25) is 5.02 Å². The fraction of sp³-hybridized carbons (Fsp3) is 0.389. The summed E-state index contributed by atoms with van der Waals surface area (Å²) in [5.74, 6) is -1.79. The molecule has 0 bridgehead atoms. The van der Waals surface area contributed by atoms with Crippen LogP contribution in [0.25, 0.3) is 0 Å². The van der Waals surface area contributed by atoms with Gasteiger partial charge in [0.25, 0.3) is 5.91 Å². The number of nitrogens with one attached hydrogen (secondary N) is 1. The van der Waals surface area contributed by atoms with Crippen LogP contribution in [0.15, 0.2) is 36.4 Å². The molecule has 0 aromatic heterocycles. The van der Waals surface area contributed by atoms with E-state index in [2.05, 4.69) is 5.32 Å². The third-order valence-corrected chi connectivity index (χ3v) is 5.04. The van der Waals surface area contributed by atoms with Crippen molar-refractivity contribution >= 4 is 29.4 Å². The van der Waals surface area contributed by atoms with Crippen molar-refractivity contribution in [1.82, 2.24) is 10.2 Å². The van der Waals surface area contributed by atoms with Crippen LogP contribution in [0, 0.1) is 0 Å². The molecule has 7 heteroatoms. The van der Waals surface area contributed by atoms with Crippen molar-refractivity contribution < 1.29 is 19.5 Å². The summed E-state index contributed by atoms with van der Waals surface area (Å²) in [5.41, 5.74) is 0.288. The normalized spacial score (nSPS) is 27.2. The average molecular weight is 363 g/mol. The third kappa shape index (κ3) is 3.54. The summed E-state index contributed by atoms with van der Waals surface area (Å²) >= 11 is 6.04. The Bertz CT molecular complexity index is 734. The number of carbonyl (C=O) groups is 3. The zero-order chi connectivity index (χ0) is 18.0. The Balaban J connectivity index is 1.82. The SMILES string of the molecule is O=C(N[C@H]1C/C=C\C[C@@H]2CC[C@@H](C(=O)O)N2C1=O)c1ccccc1Cl. The fourth-order valence-corrected chi connectivity index (χ4v) is 3.68. The molecule has 132 valence electrons. The second-order valence-corrected chi connectivity index (χ2v) is 6.69. The van der Waals surface area contributed by atoms with Gasteiger partial charge < -0.3 is 15.3 Å². The summed E-state index contributed by atoms with van der Waals surface area (Å²) in [6, 6.07) is 4.83. The molecule has 2 aliphatic rings. The molecule has 6 nitrogen and oxygen atoms in total. The maximum Gasteiger partial charge on any atom is 0.326 e. The summed E-state index contributed by atoms with van der Waals surface area (Å²) in [6.45, 7) is 0. The summed E-state index contributed by atoms with van der Waals surface area (Å²) in [5, 5.41) is 12.4. The summed E-state index contributed by atoms with van der Waals surface area (Å²) in [6.07, 6.45) is 5.86. The van der Waals surface area contributed by atoms with Crippen molar-refractivity contribution in [2.75, 3.05) is 0 Å². The lowest BCUT2D eigenvalue weighted by molar-refractivity contribution is -0.150. The highest BCUT2D eigenvalue weighted by atomic mass is 35.5. The highest BCUT2D eigenvalue weighted by Gasteiger charge is 2.43. The van der Waals surface area contributed by atoms with Gasteiger partial charge in [-0.05, 0) is 37.8 Å². The molecule has 2 aliphatic heterocycles. The molecule has 0 unspecified atom stereocenters. The Morgan fingerprint density at radius 1 is 1.16 bits per heavy atom. The first-order valence-corrected chi connectivity index (χ1v) is 8.62. The molecule has 1 aromatic rings. The number of halogens is 1. The Morgan fingerprint density at radius 3 is 2.60 bits per heavy atom. The lowest BCUT2D eigenvalue weighted by atomic mass is 10.0. The smallest absolute Gasteiger partial charge is 0.326 e. The van der Waals surface area contributed by atoms with Crippen LogP contribution in [0.3, 0.4) is 0 Å². The van der Waals surface area contributed by atoms with Gasteiger partial charge in [-0.3, -0.25) is 9.59 Å². The lowest BCUT2D eigenvalue weighted by Gasteiger charge is -2.32. The van der Waals surface area contributed by atoms with Gasteiger partial charge in [0.15, 0.2) is 0 Å². The van der Waals surface area contributed by atoms with Crippen molar-refractivity contribution in [1.29, 1.82) is 0 Å². The van der Waals surface area contributed by atoms with E-state index in [4.69, 9.17) is 11.6 Å². The Kier molecular flexibility index (Phi) is 5.08. The summed E-state index contributed by atoms with van der Waals surface area (Å²) in [4.78, 5) is 38.3. The molecular weight excluding hydrogens is 344 g/mol. The molecule has 3 atom stereocenters. The minimum absolute atomic E-state index is 0.134. The van der Waals surface area contributed by atoms with Crippen molar-refractivity contribution in [3.8, 4) is 0 Å². The first kappa shape index (κ1) is 17.5. The standard InChI is InChI=1S/C18H19ClN2O4/c19-13-7-3-2-6-12(13)16(22)20-14-8-4-1-5-11-9-10-15(18(24)25)21(11)17(14)23/h1-4,6-7,11,14-15H,5,8-10H2,(H,20,22)(H,24,25)/b4-1-/t11-,14+,15+/m1/s1. The van der Waals surface area contributed by atoms with Gasteiger partial charge in [-0.2, -0.15) is 0 Å². The number of aliphatic carboxylic acids is 1. The predicted molar refractivity (Wildman–Crippen MR) is 92.4 cm³/mol. The van der Waals surface area contributed by atoms with Crippen LogP contribution >= 0.6 is 11.6 Å². The van der Waals surface area contributed by atoms with Crippen LogP contribution in [0.1, 0.15) is 36.0 Å². The molecule has 2 amide bonds. The quantitative estimate of drug-likeness (QED) is 0.807. The number of carboxylic acid groups (broad SMARTS) is 1. The van der Waals surface area contributed by atoms with E-state index in [0.717, 1.165) is 0 Å². The molecule has 1 saturated heterocycles. The Labute approximate surface area is 150 Å². The van der Waals surface area contributed by atoms with Crippen molar-refractivity contribution in [2.24, 2.45) is 0 Å². The highest BCUT2D eigenvalue weighted by molar-refractivity contribution is 6.33. The number of hydrogen-bond acceptors (Lipinski definition) is 3. The summed E-state index contributed by atoms with van der Waals surface area (Å²) < 4.78 is 0. The van der Waals surface area contributed by atoms with Gasteiger partial charge >= 0.3 is 5.97 Å². The Morgan fingerprint density at radius 2 is 1.88 bits per heavy atom. The monoisotopic (exact) mass is 362 g/mol. The second kappa shape index (κ2) is 7.27. The molecule has 1 aromatic carbocycles. The molecular formula is C18H19ClN2O4. The maximum atomic E-state index is 12.9. The number of nitrogens with zero attached hydrogens (tertiary/aromatic N) is 1. The molecule has 25 heavy (non-hydrogen) atoms. The number of carboxylic acids is 1. The largest absolute Gasteiger partial charge is 0.480 e. The van der Waals surface area contributed by atoms with Crippen LogP contribution in [0.4, 0.5) is 0 Å². The number of rotatable bonds is 3. The number of fused-ring (bicyclic) bond motifs is 1. The van der Waals surface area contributed by atoms with E-state index in [1.165, 1.54) is 4.90 Å². The zero-order valence-electron chi connectivity index (χ0n) is 13.5. The maximum absolute atomic E-state index is 12.9. The topological polar surface area (TPSA) is 86.7 Å². The molecule has 3 rings (SSSR count). The molecule has 1 fully saturated rings. The van der Waals surface area contributed by atoms with E-state index < -0.39 is 24.0 Å². The average Bonchev–Trinajstić information content (AvgIpc) is 2.99. The number of amides is 2. The van der Waals surface area contributed by atoms with E-state index >= 15 is 0 Å². The van der Waals surface area contributed by atoms with Crippen LogP contribution in [-0.4, -0.2) is 45.9 Å². The fourth-order valence-electron chi connectivity index (χ4n) is 3.46. The minimum Gasteiger partial charge on any atom is -0.480 e. The van der Waals surface area contributed by atoms with Gasteiger partial charge in [-0.25, -0.2) is 4.79 Å². The van der Waals surface area contributed by atoms with Crippen molar-refractivity contribution in [3.05, 3.63) is 47.0 Å². The minimum atomic E-state index is -1.00. The van der Waals surface area contributed by atoms with Gasteiger partial charge in [0.2, 0.25) is 5.91 Å².